The highest BCUT2D eigenvalue weighted by Crippen LogP contribution is 2.49. The number of benzene rings is 4. The highest BCUT2D eigenvalue weighted by molar-refractivity contribution is 7.53. The van der Waals surface area contributed by atoms with E-state index in [1.807, 2.05) is 111 Å². The summed E-state index contributed by atoms with van der Waals surface area (Å²) in [6, 6.07) is 30.8. The Morgan fingerprint density at radius 3 is 1.59 bits per heavy atom. The maximum Gasteiger partial charge on any atom is 0.435 e. The molecule has 1 aromatic heterocycles. The second kappa shape index (κ2) is 25.7. The van der Waals surface area contributed by atoms with Crippen LogP contribution < -0.4 is 9.64 Å². The second-order valence-corrected chi connectivity index (χ2v) is 25.9. The number of carbonyl (C=O) groups excluding carboxylic acids is 4. The number of aromatic nitrogens is 2. The number of rotatable bonds is 20. The summed E-state index contributed by atoms with van der Waals surface area (Å²) in [6.07, 6.45) is -0.696. The lowest BCUT2D eigenvalue weighted by Gasteiger charge is -2.37. The largest absolute Gasteiger partial charge is 0.481 e. The molecule has 5 aromatic rings. The van der Waals surface area contributed by atoms with Crippen molar-refractivity contribution in [1.82, 2.24) is 19.6 Å². The first-order valence-electron chi connectivity index (χ1n) is 27.8. The lowest BCUT2D eigenvalue weighted by atomic mass is 9.91. The third-order valence-electron chi connectivity index (χ3n) is 13.0. The van der Waals surface area contributed by atoms with Gasteiger partial charge in [-0.3, -0.25) is 4.57 Å². The minimum Gasteiger partial charge on any atom is -0.481 e. The Hall–Kier alpha value is -6.30. The van der Waals surface area contributed by atoms with Gasteiger partial charge in [0, 0.05) is 18.5 Å². The van der Waals surface area contributed by atoms with Crippen molar-refractivity contribution < 1.29 is 61.2 Å². The number of ether oxygens (including phenoxy) is 6. The molecule has 18 nitrogen and oxygen atoms in total. The molecule has 0 radical (unpaired) electrons. The highest BCUT2D eigenvalue weighted by Gasteiger charge is 2.55. The molecule has 434 valence electrons. The number of unbranched alkanes of at least 4 members (excludes halogenated alkanes) is 2. The maximum atomic E-state index is 16.3. The normalized spacial score (nSPS) is 18.6. The number of nitrogens with zero attached hydrogens (tertiary/aromatic N) is 5. The molecule has 2 aliphatic heterocycles. The first kappa shape index (κ1) is 61.3. The molecule has 0 bridgehead atoms. The fourth-order valence-corrected chi connectivity index (χ4v) is 10.9. The Labute approximate surface area is 471 Å². The monoisotopic (exact) mass is 1120 g/mol. The van der Waals surface area contributed by atoms with Gasteiger partial charge in [0.05, 0.1) is 30.8 Å². The molecule has 2 saturated heterocycles. The predicted molar refractivity (Wildman–Crippen MR) is 306 cm³/mol. The van der Waals surface area contributed by atoms with Gasteiger partial charge in [-0.15, -0.1) is 5.10 Å². The standard InChI is InChI=1S/C61H82N5O13P/c1-14-16-33-73-80(71,74-34-17-15-2)41-72-46-30-24-29-44(35-46)39-63-49(37-42-25-20-18-21-26-42)51-52(76-61(12,13)75-51)50(38-43-27-22-19-23-28-43)64(54(63)67)40-45-31-32-48-47(36-45)53(62-66(48)57(70)79-60(9,10)11)65(55(68)77-58(3,4)5)56(69)78-59(6,7)8/h18-32,35-36,49-52H,14-17,33-34,37-41H2,1-13H3/t49-,50-,51+,52+/m1/s1. The van der Waals surface area contributed by atoms with E-state index in [-0.39, 0.29) is 55.4 Å². The molecule has 4 atom stereocenters. The smallest absolute Gasteiger partial charge is 0.435 e. The molecule has 0 aliphatic carbocycles. The number of carbonyl (C=O) groups is 4. The Kier molecular flexibility index (Phi) is 19.7. The van der Waals surface area contributed by atoms with Crippen molar-refractivity contribution >= 4 is 48.6 Å². The van der Waals surface area contributed by atoms with Crippen LogP contribution in [0, 0.1) is 0 Å². The topological polar surface area (TPSA) is 187 Å². The number of urea groups is 1. The van der Waals surface area contributed by atoms with Crippen LogP contribution in [0.2, 0.25) is 0 Å². The molecular formula is C61H82N5O13P. The fourth-order valence-electron chi connectivity index (χ4n) is 9.56. The van der Waals surface area contributed by atoms with Crippen LogP contribution in [-0.4, -0.2) is 110 Å². The van der Waals surface area contributed by atoms with Crippen LogP contribution in [0.4, 0.5) is 25.0 Å². The van der Waals surface area contributed by atoms with Gasteiger partial charge in [-0.2, -0.15) is 9.58 Å². The third-order valence-corrected chi connectivity index (χ3v) is 14.6. The van der Waals surface area contributed by atoms with Crippen molar-refractivity contribution in [1.29, 1.82) is 0 Å². The first-order chi connectivity index (χ1) is 37.6. The molecule has 4 aromatic carbocycles. The van der Waals surface area contributed by atoms with Crippen LogP contribution in [-0.2, 0) is 63.2 Å². The molecule has 2 aliphatic rings. The van der Waals surface area contributed by atoms with Crippen molar-refractivity contribution in [3.63, 3.8) is 0 Å². The number of hydrogen-bond acceptors (Lipinski definition) is 14. The Balaban J connectivity index is 1.38. The van der Waals surface area contributed by atoms with Crippen LogP contribution >= 0.6 is 7.60 Å². The van der Waals surface area contributed by atoms with Gasteiger partial charge in [-0.1, -0.05) is 106 Å². The Morgan fingerprint density at radius 1 is 0.637 bits per heavy atom. The summed E-state index contributed by atoms with van der Waals surface area (Å²) >= 11 is 0. The van der Waals surface area contributed by atoms with Crippen molar-refractivity contribution in [3.05, 3.63) is 125 Å². The minimum absolute atomic E-state index is 0.0295. The summed E-state index contributed by atoms with van der Waals surface area (Å²) in [7, 11) is -3.63. The number of amides is 4. The Morgan fingerprint density at radius 2 is 1.11 bits per heavy atom. The lowest BCUT2D eigenvalue weighted by Crippen LogP contribution is -2.51. The summed E-state index contributed by atoms with van der Waals surface area (Å²) in [6.45, 7) is 23.6. The van der Waals surface area contributed by atoms with E-state index in [4.69, 9.17) is 37.5 Å². The molecule has 80 heavy (non-hydrogen) atoms. The molecule has 19 heteroatoms. The number of hydrogen-bond donors (Lipinski definition) is 0. The molecule has 0 spiro atoms. The van der Waals surface area contributed by atoms with Crippen molar-refractivity contribution in [2.45, 2.75) is 189 Å². The summed E-state index contributed by atoms with van der Waals surface area (Å²) in [5.41, 5.74) is 0.365. The van der Waals surface area contributed by atoms with Crippen LogP contribution in [0.1, 0.15) is 138 Å². The molecule has 7 rings (SSSR count). The van der Waals surface area contributed by atoms with Gasteiger partial charge in [-0.05, 0) is 148 Å². The molecule has 3 heterocycles. The first-order valence-corrected chi connectivity index (χ1v) is 29.5. The lowest BCUT2D eigenvalue weighted by molar-refractivity contribution is -0.157. The van der Waals surface area contributed by atoms with Crippen molar-refractivity contribution in [2.24, 2.45) is 0 Å². The van der Waals surface area contributed by atoms with E-state index < -0.39 is 72.8 Å². The molecule has 0 unspecified atom stereocenters. The van der Waals surface area contributed by atoms with Gasteiger partial charge in [0.15, 0.2) is 18.0 Å². The zero-order valence-corrected chi connectivity index (χ0v) is 49.8. The summed E-state index contributed by atoms with van der Waals surface area (Å²) in [4.78, 5) is 63.2. The van der Waals surface area contributed by atoms with Crippen LogP contribution in [0.3, 0.4) is 0 Å². The predicted octanol–water partition coefficient (Wildman–Crippen LogP) is 13.8. The fraction of sp³-hybridized carbons (Fsp3) is 0.525. The van der Waals surface area contributed by atoms with Gasteiger partial charge in [0.2, 0.25) is 0 Å². The quantitative estimate of drug-likeness (QED) is 0.0407. The Bertz CT molecular complexity index is 2920. The number of anilines is 1. The van der Waals surface area contributed by atoms with E-state index in [2.05, 4.69) is 5.10 Å². The van der Waals surface area contributed by atoms with Crippen molar-refractivity contribution in [3.8, 4) is 5.75 Å². The molecule has 0 N–H and O–H groups in total. The van der Waals surface area contributed by atoms with Gasteiger partial charge >= 0.3 is 31.9 Å². The van der Waals surface area contributed by atoms with Crippen LogP contribution in [0.5, 0.6) is 5.75 Å². The van der Waals surface area contributed by atoms with E-state index in [1.54, 1.807) is 91.5 Å². The van der Waals surface area contributed by atoms with Crippen molar-refractivity contribution in [2.75, 3.05) is 24.5 Å². The van der Waals surface area contributed by atoms with Gasteiger partial charge in [0.25, 0.3) is 0 Å². The zero-order chi connectivity index (χ0) is 58.2. The molecule has 2 fully saturated rings. The number of imide groups is 1. The molecule has 0 saturated carbocycles. The second-order valence-electron chi connectivity index (χ2n) is 23.9. The summed E-state index contributed by atoms with van der Waals surface area (Å²) in [5, 5.41) is 4.79. The van der Waals surface area contributed by atoms with E-state index >= 15 is 4.79 Å². The molecule has 4 amide bonds. The third kappa shape index (κ3) is 16.4. The van der Waals surface area contributed by atoms with Crippen LogP contribution in [0.15, 0.2) is 103 Å². The van der Waals surface area contributed by atoms with E-state index in [0.717, 1.165) is 47.1 Å². The average molecular weight is 1120 g/mol. The average Bonchev–Trinajstić information content (AvgIpc) is 3.93. The zero-order valence-electron chi connectivity index (χ0n) is 48.9. The summed E-state index contributed by atoms with van der Waals surface area (Å²) in [5.74, 6) is -0.894. The van der Waals surface area contributed by atoms with Gasteiger partial charge in [-0.25, -0.2) is 19.2 Å². The van der Waals surface area contributed by atoms with Gasteiger partial charge in [0.1, 0.15) is 34.8 Å². The molecular weight excluding hydrogens is 1040 g/mol. The SMILES string of the molecule is CCCCOP(=O)(COc1cccc(CN2C(=O)N(Cc3ccc4c(c3)c(N(C(=O)OC(C)(C)C)C(=O)OC(C)(C)C)nn4C(=O)OC(C)(C)C)[C@H](Cc3ccccc3)[C@@H]3OC(C)(C)O[C@H]3[C@H]2Cc2ccccc2)c1)OCCCC. The van der Waals surface area contributed by atoms with E-state index in [9.17, 15) is 18.9 Å². The summed E-state index contributed by atoms with van der Waals surface area (Å²) < 4.78 is 64.2. The minimum atomic E-state index is -3.63. The maximum absolute atomic E-state index is 16.3. The van der Waals surface area contributed by atoms with E-state index in [0.29, 0.717) is 29.1 Å². The highest BCUT2D eigenvalue weighted by atomic mass is 31.2. The number of fused-ring (bicyclic) bond motifs is 2. The van der Waals surface area contributed by atoms with Crippen LogP contribution in [0.25, 0.3) is 10.9 Å². The van der Waals surface area contributed by atoms with E-state index in [1.165, 1.54) is 0 Å². The van der Waals surface area contributed by atoms with Gasteiger partial charge < -0.3 is 47.3 Å².